The number of rotatable bonds is 5. The van der Waals surface area contributed by atoms with Gasteiger partial charge in [0.15, 0.2) is 11.6 Å². The van der Waals surface area contributed by atoms with Crippen LogP contribution in [0.1, 0.15) is 34.6 Å². The highest BCUT2D eigenvalue weighted by atomic mass is 16.5. The summed E-state index contributed by atoms with van der Waals surface area (Å²) in [6.45, 7) is 5.24. The molecule has 9 heteroatoms. The summed E-state index contributed by atoms with van der Waals surface area (Å²) in [4.78, 5) is 27.0. The summed E-state index contributed by atoms with van der Waals surface area (Å²) in [7, 11) is 1.32. The second-order valence-electron chi connectivity index (χ2n) is 7.90. The minimum absolute atomic E-state index is 0.127. The van der Waals surface area contributed by atoms with Crippen molar-refractivity contribution in [3.8, 4) is 5.82 Å². The lowest BCUT2D eigenvalue weighted by Gasteiger charge is -2.32. The molecule has 1 amide bonds. The number of amides is 1. The van der Waals surface area contributed by atoms with Crippen LogP contribution in [0, 0.1) is 19.8 Å². The number of ether oxygens (including phenoxy) is 1. The lowest BCUT2D eigenvalue weighted by molar-refractivity contribution is -0.120. The SMILES string of the molecule is COC(=O)c1ccccc1NC(=O)C1CCCN(c2ccc(-n3nc(C)cc3C)nn2)C1. The van der Waals surface area contributed by atoms with E-state index in [4.69, 9.17) is 4.74 Å². The van der Waals surface area contributed by atoms with Crippen molar-refractivity contribution in [3.05, 3.63) is 59.4 Å². The summed E-state index contributed by atoms with van der Waals surface area (Å²) in [5.41, 5.74) is 2.70. The molecule has 1 N–H and O–H groups in total. The maximum absolute atomic E-state index is 12.9. The summed E-state index contributed by atoms with van der Waals surface area (Å²) < 4.78 is 6.57. The van der Waals surface area contributed by atoms with E-state index in [1.54, 1.807) is 28.9 Å². The van der Waals surface area contributed by atoms with Gasteiger partial charge in [-0.3, -0.25) is 4.79 Å². The highest BCUT2D eigenvalue weighted by molar-refractivity contribution is 6.02. The van der Waals surface area contributed by atoms with Crippen molar-refractivity contribution >= 4 is 23.4 Å². The summed E-state index contributed by atoms with van der Waals surface area (Å²) in [5, 5.41) is 16.0. The van der Waals surface area contributed by atoms with Crippen LogP contribution in [0.15, 0.2) is 42.5 Å². The number of hydrogen-bond donors (Lipinski definition) is 1. The molecule has 1 aliphatic heterocycles. The fourth-order valence-electron chi connectivity index (χ4n) is 3.97. The standard InChI is InChI=1S/C23H26N6O3/c1-15-13-16(2)29(27-15)21-11-10-20(25-26-21)28-12-6-7-17(14-28)22(30)24-19-9-5-4-8-18(19)23(31)32-3/h4-5,8-11,13,17H,6-7,12,14H2,1-3H3,(H,24,30). The molecule has 1 aliphatic rings. The van der Waals surface area contributed by atoms with Crippen molar-refractivity contribution in [2.45, 2.75) is 26.7 Å². The molecular formula is C23H26N6O3. The number of carbonyl (C=O) groups is 2. The summed E-state index contributed by atoms with van der Waals surface area (Å²) >= 11 is 0. The molecule has 4 rings (SSSR count). The zero-order valence-corrected chi connectivity index (χ0v) is 18.4. The van der Waals surface area contributed by atoms with Gasteiger partial charge in [0, 0.05) is 18.8 Å². The number of anilines is 2. The molecule has 9 nitrogen and oxygen atoms in total. The Labute approximate surface area is 186 Å². The van der Waals surface area contributed by atoms with Gasteiger partial charge in [-0.05, 0) is 57.0 Å². The van der Waals surface area contributed by atoms with Crippen LogP contribution in [0.25, 0.3) is 5.82 Å². The first kappa shape index (κ1) is 21.5. The normalized spacial score (nSPS) is 16.0. The number of nitrogens with zero attached hydrogens (tertiary/aromatic N) is 5. The van der Waals surface area contributed by atoms with Crippen molar-refractivity contribution < 1.29 is 14.3 Å². The summed E-state index contributed by atoms with van der Waals surface area (Å²) in [6.07, 6.45) is 1.62. The number of piperidine rings is 1. The minimum atomic E-state index is -0.482. The van der Waals surface area contributed by atoms with Crippen LogP contribution in [0.4, 0.5) is 11.5 Å². The van der Waals surface area contributed by atoms with Gasteiger partial charge in [-0.15, -0.1) is 10.2 Å². The van der Waals surface area contributed by atoms with Gasteiger partial charge in [-0.25, -0.2) is 9.48 Å². The molecule has 0 bridgehead atoms. The van der Waals surface area contributed by atoms with Crippen LogP contribution in [-0.4, -0.2) is 52.1 Å². The molecule has 3 aromatic rings. The van der Waals surface area contributed by atoms with Crippen LogP contribution in [-0.2, 0) is 9.53 Å². The number of esters is 1. The zero-order chi connectivity index (χ0) is 22.7. The van der Waals surface area contributed by atoms with Crippen molar-refractivity contribution in [2.75, 3.05) is 30.4 Å². The van der Waals surface area contributed by atoms with E-state index in [9.17, 15) is 9.59 Å². The van der Waals surface area contributed by atoms with Gasteiger partial charge < -0.3 is 15.0 Å². The van der Waals surface area contributed by atoms with Crippen molar-refractivity contribution in [1.29, 1.82) is 0 Å². The van der Waals surface area contributed by atoms with Gasteiger partial charge in [0.1, 0.15) is 0 Å². The highest BCUT2D eigenvalue weighted by Gasteiger charge is 2.27. The molecule has 0 spiro atoms. The Hall–Kier alpha value is -3.75. The largest absolute Gasteiger partial charge is 0.465 e. The van der Waals surface area contributed by atoms with Crippen LogP contribution in [0.2, 0.25) is 0 Å². The maximum atomic E-state index is 12.9. The Morgan fingerprint density at radius 3 is 2.53 bits per heavy atom. The van der Waals surface area contributed by atoms with Crippen LogP contribution >= 0.6 is 0 Å². The number of nitrogens with one attached hydrogen (secondary N) is 1. The molecule has 1 unspecified atom stereocenters. The third kappa shape index (κ3) is 4.46. The van der Waals surface area contributed by atoms with Gasteiger partial charge in [0.25, 0.3) is 0 Å². The van der Waals surface area contributed by atoms with Crippen LogP contribution in [0.3, 0.4) is 0 Å². The van der Waals surface area contributed by atoms with Crippen molar-refractivity contribution in [3.63, 3.8) is 0 Å². The predicted octanol–water partition coefficient (Wildman–Crippen LogP) is 2.92. The van der Waals surface area contributed by atoms with Gasteiger partial charge >= 0.3 is 5.97 Å². The second kappa shape index (κ2) is 9.17. The maximum Gasteiger partial charge on any atom is 0.339 e. The molecule has 0 radical (unpaired) electrons. The van der Waals surface area contributed by atoms with E-state index in [1.807, 2.05) is 32.0 Å². The average molecular weight is 435 g/mol. The zero-order valence-electron chi connectivity index (χ0n) is 18.4. The van der Waals surface area contributed by atoms with Gasteiger partial charge in [0.2, 0.25) is 5.91 Å². The van der Waals surface area contributed by atoms with E-state index in [0.717, 1.165) is 36.6 Å². The number of para-hydroxylation sites is 1. The first-order valence-electron chi connectivity index (χ1n) is 10.6. The molecule has 0 aliphatic carbocycles. The van der Waals surface area contributed by atoms with E-state index < -0.39 is 5.97 Å². The van der Waals surface area contributed by atoms with Crippen LogP contribution in [0.5, 0.6) is 0 Å². The van der Waals surface area contributed by atoms with E-state index in [2.05, 4.69) is 25.5 Å². The summed E-state index contributed by atoms with van der Waals surface area (Å²) in [5.74, 6) is 0.544. The topological polar surface area (TPSA) is 102 Å². The van der Waals surface area contributed by atoms with Crippen LogP contribution < -0.4 is 10.2 Å². The van der Waals surface area contributed by atoms with Gasteiger partial charge in [-0.1, -0.05) is 12.1 Å². The Kier molecular flexibility index (Phi) is 6.16. The van der Waals surface area contributed by atoms with Crippen molar-refractivity contribution in [2.24, 2.45) is 5.92 Å². The number of aromatic nitrogens is 4. The molecule has 32 heavy (non-hydrogen) atoms. The number of aryl methyl sites for hydroxylation is 2. The molecule has 1 aromatic carbocycles. The minimum Gasteiger partial charge on any atom is -0.465 e. The Morgan fingerprint density at radius 2 is 1.84 bits per heavy atom. The fourth-order valence-corrected chi connectivity index (χ4v) is 3.97. The van der Waals surface area contributed by atoms with E-state index in [0.29, 0.717) is 23.6 Å². The fraction of sp³-hybridized carbons (Fsp3) is 0.348. The van der Waals surface area contributed by atoms with E-state index in [-0.39, 0.29) is 11.8 Å². The molecule has 2 aromatic heterocycles. The first-order chi connectivity index (χ1) is 15.5. The lowest BCUT2D eigenvalue weighted by Crippen LogP contribution is -2.41. The third-order valence-corrected chi connectivity index (χ3v) is 5.57. The highest BCUT2D eigenvalue weighted by Crippen LogP contribution is 2.24. The summed E-state index contributed by atoms with van der Waals surface area (Å²) in [6, 6.07) is 12.6. The number of benzene rings is 1. The molecule has 0 saturated carbocycles. The Morgan fingerprint density at radius 1 is 1.09 bits per heavy atom. The predicted molar refractivity (Wildman–Crippen MR) is 120 cm³/mol. The smallest absolute Gasteiger partial charge is 0.339 e. The number of hydrogen-bond acceptors (Lipinski definition) is 7. The monoisotopic (exact) mass is 434 g/mol. The quantitative estimate of drug-likeness (QED) is 0.616. The number of carbonyl (C=O) groups excluding carboxylic acids is 2. The molecule has 166 valence electrons. The molecule has 1 atom stereocenters. The molecule has 1 saturated heterocycles. The Bertz CT molecular complexity index is 1130. The van der Waals surface area contributed by atoms with E-state index >= 15 is 0 Å². The Balaban J connectivity index is 1.45. The third-order valence-electron chi connectivity index (χ3n) is 5.57. The van der Waals surface area contributed by atoms with Crippen molar-refractivity contribution in [1.82, 2.24) is 20.0 Å². The lowest BCUT2D eigenvalue weighted by atomic mass is 9.97. The molecular weight excluding hydrogens is 408 g/mol. The first-order valence-corrected chi connectivity index (χ1v) is 10.6. The average Bonchev–Trinajstić information content (AvgIpc) is 3.16. The number of methoxy groups -OCH3 is 1. The van der Waals surface area contributed by atoms with Gasteiger partial charge in [0.05, 0.1) is 30.0 Å². The molecule has 3 heterocycles. The second-order valence-corrected chi connectivity index (χ2v) is 7.90. The van der Waals surface area contributed by atoms with Gasteiger partial charge in [-0.2, -0.15) is 5.10 Å². The molecule has 1 fully saturated rings. The van der Waals surface area contributed by atoms with E-state index in [1.165, 1.54) is 7.11 Å².